The highest BCUT2D eigenvalue weighted by atomic mass is 35.5. The lowest BCUT2D eigenvalue weighted by Gasteiger charge is -2.16. The van der Waals surface area contributed by atoms with Crippen molar-refractivity contribution in [1.82, 2.24) is 5.32 Å². The molecule has 2 aromatic rings. The first kappa shape index (κ1) is 16.4. The van der Waals surface area contributed by atoms with E-state index in [9.17, 15) is 0 Å². The van der Waals surface area contributed by atoms with Crippen LogP contribution in [0.4, 0.5) is 0 Å². The highest BCUT2D eigenvalue weighted by Crippen LogP contribution is 2.32. The molecule has 21 heavy (non-hydrogen) atoms. The van der Waals surface area contributed by atoms with Gasteiger partial charge in [0.25, 0.3) is 0 Å². The van der Waals surface area contributed by atoms with E-state index in [-0.39, 0.29) is 0 Å². The lowest BCUT2D eigenvalue weighted by atomic mass is 9.94. The van der Waals surface area contributed by atoms with E-state index in [4.69, 9.17) is 23.2 Å². The van der Waals surface area contributed by atoms with E-state index < -0.39 is 0 Å². The summed E-state index contributed by atoms with van der Waals surface area (Å²) in [6.07, 6.45) is 0. The van der Waals surface area contributed by atoms with E-state index in [2.05, 4.69) is 38.2 Å². The highest BCUT2D eigenvalue weighted by Gasteiger charge is 2.11. The Kier molecular flexibility index (Phi) is 5.32. The van der Waals surface area contributed by atoms with Crippen LogP contribution in [0.5, 0.6) is 0 Å². The van der Waals surface area contributed by atoms with Gasteiger partial charge in [-0.25, -0.2) is 0 Å². The zero-order chi connectivity index (χ0) is 15.6. The van der Waals surface area contributed by atoms with E-state index in [1.54, 1.807) is 0 Å². The van der Waals surface area contributed by atoms with Crippen LogP contribution in [0.15, 0.2) is 30.3 Å². The van der Waals surface area contributed by atoms with Crippen LogP contribution in [0.3, 0.4) is 0 Å². The SMILES string of the molecule is Cc1cc(-c2cc(Cl)ccc2CNC(C)C)c(C)cc1Cl. The molecule has 112 valence electrons. The van der Waals surface area contributed by atoms with Gasteiger partial charge in [0.05, 0.1) is 0 Å². The number of hydrogen-bond donors (Lipinski definition) is 1. The van der Waals surface area contributed by atoms with E-state index >= 15 is 0 Å². The summed E-state index contributed by atoms with van der Waals surface area (Å²) in [6.45, 7) is 9.23. The maximum absolute atomic E-state index is 6.21. The Balaban J connectivity index is 2.51. The summed E-state index contributed by atoms with van der Waals surface area (Å²) in [5.41, 5.74) is 5.87. The average molecular weight is 322 g/mol. The number of halogens is 2. The first-order chi connectivity index (χ1) is 9.88. The molecule has 0 radical (unpaired) electrons. The zero-order valence-electron chi connectivity index (χ0n) is 12.9. The summed E-state index contributed by atoms with van der Waals surface area (Å²) in [5.74, 6) is 0. The predicted octanol–water partition coefficient (Wildman–Crippen LogP) is 5.78. The fourth-order valence-electron chi connectivity index (χ4n) is 2.34. The number of nitrogens with one attached hydrogen (secondary N) is 1. The van der Waals surface area contributed by atoms with Crippen LogP contribution in [-0.4, -0.2) is 6.04 Å². The molecule has 0 aromatic heterocycles. The van der Waals surface area contributed by atoms with Gasteiger partial charge in [0.15, 0.2) is 0 Å². The largest absolute Gasteiger partial charge is 0.310 e. The van der Waals surface area contributed by atoms with Crippen molar-refractivity contribution in [2.75, 3.05) is 0 Å². The fraction of sp³-hybridized carbons (Fsp3) is 0.333. The smallest absolute Gasteiger partial charge is 0.0438 e. The van der Waals surface area contributed by atoms with Crippen molar-refractivity contribution in [3.05, 3.63) is 57.1 Å². The van der Waals surface area contributed by atoms with Crippen LogP contribution in [-0.2, 0) is 6.54 Å². The Hall–Kier alpha value is -1.02. The summed E-state index contributed by atoms with van der Waals surface area (Å²) in [6, 6.07) is 10.7. The molecule has 0 spiro atoms. The van der Waals surface area contributed by atoms with Gasteiger partial charge in [-0.3, -0.25) is 0 Å². The minimum Gasteiger partial charge on any atom is -0.310 e. The van der Waals surface area contributed by atoms with Gasteiger partial charge in [-0.2, -0.15) is 0 Å². The first-order valence-corrected chi connectivity index (χ1v) is 7.93. The molecule has 0 aliphatic carbocycles. The second-order valence-electron chi connectivity index (χ2n) is 5.75. The first-order valence-electron chi connectivity index (χ1n) is 7.17. The van der Waals surface area contributed by atoms with Crippen molar-refractivity contribution in [2.45, 2.75) is 40.3 Å². The van der Waals surface area contributed by atoms with Crippen LogP contribution >= 0.6 is 23.2 Å². The highest BCUT2D eigenvalue weighted by molar-refractivity contribution is 6.31. The lowest BCUT2D eigenvalue weighted by molar-refractivity contribution is 0.589. The molecule has 0 atom stereocenters. The summed E-state index contributed by atoms with van der Waals surface area (Å²) in [5, 5.41) is 5.03. The molecule has 0 heterocycles. The molecule has 0 bridgehead atoms. The van der Waals surface area contributed by atoms with Crippen LogP contribution in [0.25, 0.3) is 11.1 Å². The molecule has 0 saturated carbocycles. The van der Waals surface area contributed by atoms with Crippen molar-refractivity contribution >= 4 is 23.2 Å². The Bertz CT molecular complexity index is 648. The van der Waals surface area contributed by atoms with Crippen molar-refractivity contribution in [1.29, 1.82) is 0 Å². The molecular weight excluding hydrogens is 301 g/mol. The maximum Gasteiger partial charge on any atom is 0.0438 e. The number of rotatable bonds is 4. The van der Waals surface area contributed by atoms with E-state index in [1.165, 1.54) is 22.3 Å². The van der Waals surface area contributed by atoms with Gasteiger partial charge in [0.1, 0.15) is 0 Å². The van der Waals surface area contributed by atoms with Crippen LogP contribution in [0.1, 0.15) is 30.5 Å². The summed E-state index contributed by atoms with van der Waals surface area (Å²) >= 11 is 12.4. The van der Waals surface area contributed by atoms with Gasteiger partial charge in [-0.05, 0) is 65.9 Å². The topological polar surface area (TPSA) is 12.0 Å². The molecule has 0 aliphatic heterocycles. The summed E-state index contributed by atoms with van der Waals surface area (Å²) < 4.78 is 0. The monoisotopic (exact) mass is 321 g/mol. The maximum atomic E-state index is 6.21. The zero-order valence-corrected chi connectivity index (χ0v) is 14.4. The third kappa shape index (κ3) is 4.00. The number of aryl methyl sites for hydroxylation is 2. The molecule has 0 fully saturated rings. The van der Waals surface area contributed by atoms with Crippen molar-refractivity contribution in [2.24, 2.45) is 0 Å². The van der Waals surface area contributed by atoms with Crippen LogP contribution in [0.2, 0.25) is 10.0 Å². The van der Waals surface area contributed by atoms with Gasteiger partial charge in [0, 0.05) is 22.6 Å². The molecule has 2 rings (SSSR count). The summed E-state index contributed by atoms with van der Waals surface area (Å²) in [7, 11) is 0. The van der Waals surface area contributed by atoms with Crippen molar-refractivity contribution in [3.63, 3.8) is 0 Å². The van der Waals surface area contributed by atoms with Crippen molar-refractivity contribution in [3.8, 4) is 11.1 Å². The number of benzene rings is 2. The molecule has 0 saturated heterocycles. The van der Waals surface area contributed by atoms with Gasteiger partial charge in [0.2, 0.25) is 0 Å². The Labute approximate surface area is 137 Å². The molecule has 2 aromatic carbocycles. The van der Waals surface area contributed by atoms with Crippen molar-refractivity contribution < 1.29 is 0 Å². The Morgan fingerprint density at radius 3 is 2.33 bits per heavy atom. The van der Waals surface area contributed by atoms with Gasteiger partial charge < -0.3 is 5.32 Å². The lowest BCUT2D eigenvalue weighted by Crippen LogP contribution is -2.22. The Morgan fingerprint density at radius 2 is 1.67 bits per heavy atom. The molecule has 1 N–H and O–H groups in total. The predicted molar refractivity (Wildman–Crippen MR) is 93.3 cm³/mol. The second-order valence-corrected chi connectivity index (χ2v) is 6.60. The van der Waals surface area contributed by atoms with E-state index in [1.807, 2.05) is 25.1 Å². The Morgan fingerprint density at radius 1 is 0.952 bits per heavy atom. The molecule has 0 unspecified atom stereocenters. The van der Waals surface area contributed by atoms with E-state index in [0.717, 1.165) is 22.2 Å². The quantitative estimate of drug-likeness (QED) is 0.753. The molecule has 1 nitrogen and oxygen atoms in total. The standard InChI is InChI=1S/C18H21Cl2N/c1-11(2)21-10-14-5-6-15(19)9-17(14)16-7-13(4)18(20)8-12(16)3/h5-9,11,21H,10H2,1-4H3. The van der Waals surface area contributed by atoms with E-state index in [0.29, 0.717) is 6.04 Å². The van der Waals surface area contributed by atoms with Gasteiger partial charge in [-0.15, -0.1) is 0 Å². The molecular formula is C18H21Cl2N. The van der Waals surface area contributed by atoms with Gasteiger partial charge in [-0.1, -0.05) is 43.1 Å². The fourth-order valence-corrected chi connectivity index (χ4v) is 2.73. The van der Waals surface area contributed by atoms with Crippen LogP contribution < -0.4 is 5.32 Å². The normalized spacial score (nSPS) is 11.2. The molecule has 3 heteroatoms. The number of hydrogen-bond acceptors (Lipinski definition) is 1. The molecule has 0 aliphatic rings. The van der Waals surface area contributed by atoms with Gasteiger partial charge >= 0.3 is 0 Å². The molecule has 0 amide bonds. The average Bonchev–Trinajstić information content (AvgIpc) is 2.41. The summed E-state index contributed by atoms with van der Waals surface area (Å²) in [4.78, 5) is 0. The third-order valence-electron chi connectivity index (χ3n) is 3.57. The second kappa shape index (κ2) is 6.83. The minimum atomic E-state index is 0.446. The third-order valence-corrected chi connectivity index (χ3v) is 4.21. The minimum absolute atomic E-state index is 0.446. The van der Waals surface area contributed by atoms with Crippen LogP contribution in [0, 0.1) is 13.8 Å².